The third-order valence-corrected chi connectivity index (χ3v) is 7.72. The molecule has 6 unspecified atom stereocenters. The molecular weight excluding hydrogens is 364 g/mol. The smallest absolute Gasteiger partial charge is 0.344 e. The molecule has 3 saturated heterocycles. The van der Waals surface area contributed by atoms with E-state index in [1.165, 1.54) is 14.0 Å². The second-order valence-electron chi connectivity index (χ2n) is 8.63. The van der Waals surface area contributed by atoms with E-state index in [0.717, 1.165) is 5.56 Å². The third-order valence-electron chi connectivity index (χ3n) is 7.72. The van der Waals surface area contributed by atoms with Crippen molar-refractivity contribution in [3.8, 4) is 5.75 Å². The van der Waals surface area contributed by atoms with Gasteiger partial charge < -0.3 is 14.9 Å². The number of phenolic OH excluding ortho intramolecular Hbond substituents is 1. The molecule has 1 aliphatic carbocycles. The van der Waals surface area contributed by atoms with Crippen molar-refractivity contribution in [3.63, 3.8) is 0 Å². The number of fused-ring (bicyclic) bond motifs is 4. The Morgan fingerprint density at radius 1 is 1.36 bits per heavy atom. The van der Waals surface area contributed by atoms with E-state index in [2.05, 4.69) is 4.99 Å². The Bertz CT molecular complexity index is 1000. The molecule has 0 aromatic heterocycles. The van der Waals surface area contributed by atoms with Crippen LogP contribution in [-0.4, -0.2) is 63.1 Å². The molecule has 8 nitrogen and oxygen atoms in total. The van der Waals surface area contributed by atoms with Crippen molar-refractivity contribution >= 4 is 23.2 Å². The second-order valence-corrected chi connectivity index (χ2v) is 8.63. The zero-order chi connectivity index (χ0) is 19.6. The lowest BCUT2D eigenvalue weighted by Gasteiger charge is -2.57. The van der Waals surface area contributed by atoms with E-state index in [0.29, 0.717) is 24.9 Å². The number of ether oxygens (including phenoxy) is 1. The summed E-state index contributed by atoms with van der Waals surface area (Å²) in [5.74, 6) is -1.84. The number of aliphatic hydroxyl groups is 1. The van der Waals surface area contributed by atoms with Gasteiger partial charge in [-0.1, -0.05) is 12.1 Å². The highest BCUT2D eigenvalue weighted by Crippen LogP contribution is 2.68. The standard InChI is InChI=1S/C20H20N2O6/c1-9(23)19-8-10-7-18-11-4-3-5-12(24)15(11)21-16(18)20(26,17(25)27-2)13(19)6-14(18)22(10)28-19/h3-5,10,13-14,24,26H,6-8H2,1-2H3. The van der Waals surface area contributed by atoms with Crippen LogP contribution < -0.4 is 0 Å². The molecule has 4 bridgehead atoms. The molecular formula is C20H20N2O6. The van der Waals surface area contributed by atoms with Crippen molar-refractivity contribution in [1.29, 1.82) is 0 Å². The summed E-state index contributed by atoms with van der Waals surface area (Å²) in [7, 11) is 1.22. The first-order valence-corrected chi connectivity index (χ1v) is 9.52. The molecule has 8 heteroatoms. The lowest BCUT2D eigenvalue weighted by molar-refractivity contribution is -0.280. The minimum Gasteiger partial charge on any atom is -0.506 e. The van der Waals surface area contributed by atoms with Crippen molar-refractivity contribution in [2.24, 2.45) is 10.9 Å². The second kappa shape index (κ2) is 4.64. The van der Waals surface area contributed by atoms with E-state index in [4.69, 9.17) is 9.57 Å². The summed E-state index contributed by atoms with van der Waals surface area (Å²) in [6.45, 7) is 1.44. The maximum atomic E-state index is 13.0. The summed E-state index contributed by atoms with van der Waals surface area (Å²) < 4.78 is 5.00. The number of carbonyl (C=O) groups is 2. The predicted octanol–water partition coefficient (Wildman–Crippen LogP) is 0.760. The molecule has 4 heterocycles. The molecule has 4 aliphatic heterocycles. The number of hydrogen-bond donors (Lipinski definition) is 2. The number of hydroxylamine groups is 2. The molecule has 0 amide bonds. The van der Waals surface area contributed by atoms with Crippen molar-refractivity contribution in [3.05, 3.63) is 23.8 Å². The largest absolute Gasteiger partial charge is 0.506 e. The van der Waals surface area contributed by atoms with Crippen LogP contribution in [0, 0.1) is 5.92 Å². The average molecular weight is 384 g/mol. The van der Waals surface area contributed by atoms with Gasteiger partial charge >= 0.3 is 5.97 Å². The first kappa shape index (κ1) is 16.6. The van der Waals surface area contributed by atoms with Crippen LogP contribution in [0.4, 0.5) is 5.69 Å². The molecule has 0 radical (unpaired) electrons. The van der Waals surface area contributed by atoms with Gasteiger partial charge in [-0.3, -0.25) is 9.63 Å². The number of para-hydroxylation sites is 1. The Morgan fingerprint density at radius 3 is 2.86 bits per heavy atom. The predicted molar refractivity (Wildman–Crippen MR) is 95.1 cm³/mol. The van der Waals surface area contributed by atoms with Crippen molar-refractivity contribution < 1.29 is 29.4 Å². The zero-order valence-electron chi connectivity index (χ0n) is 15.5. The average Bonchev–Trinajstić information content (AvgIpc) is 3.27. The Hall–Kier alpha value is -2.29. The van der Waals surface area contributed by atoms with E-state index >= 15 is 0 Å². The van der Waals surface area contributed by atoms with Gasteiger partial charge in [0, 0.05) is 18.4 Å². The van der Waals surface area contributed by atoms with Crippen LogP contribution in [-0.2, 0) is 24.6 Å². The van der Waals surface area contributed by atoms with Crippen molar-refractivity contribution in [2.75, 3.05) is 7.11 Å². The van der Waals surface area contributed by atoms with Gasteiger partial charge in [0.1, 0.15) is 11.4 Å². The van der Waals surface area contributed by atoms with Crippen molar-refractivity contribution in [2.45, 2.75) is 54.9 Å². The number of benzene rings is 1. The molecule has 4 fully saturated rings. The monoisotopic (exact) mass is 384 g/mol. The Kier molecular flexibility index (Phi) is 2.76. The van der Waals surface area contributed by atoms with E-state index < -0.39 is 28.5 Å². The van der Waals surface area contributed by atoms with Gasteiger partial charge in [0.05, 0.1) is 24.3 Å². The number of aliphatic imine (C=N–C) groups is 1. The molecule has 6 rings (SSSR count). The van der Waals surface area contributed by atoms with Crippen molar-refractivity contribution in [1.82, 2.24) is 5.06 Å². The molecule has 28 heavy (non-hydrogen) atoms. The number of ketones is 1. The first-order valence-electron chi connectivity index (χ1n) is 9.52. The Labute approximate surface area is 160 Å². The lowest BCUT2D eigenvalue weighted by Crippen LogP contribution is -2.75. The number of esters is 1. The van der Waals surface area contributed by atoms with Gasteiger partial charge in [-0.2, -0.15) is 5.06 Å². The van der Waals surface area contributed by atoms with Gasteiger partial charge in [0.25, 0.3) is 0 Å². The van der Waals surface area contributed by atoms with E-state index in [-0.39, 0.29) is 29.3 Å². The van der Waals surface area contributed by atoms with Crippen LogP contribution in [0.3, 0.4) is 0 Å². The topological polar surface area (TPSA) is 109 Å². The minimum atomic E-state index is -2.09. The zero-order valence-corrected chi connectivity index (χ0v) is 15.5. The minimum absolute atomic E-state index is 0.00327. The molecule has 1 aromatic rings. The number of rotatable bonds is 2. The summed E-state index contributed by atoms with van der Waals surface area (Å²) in [5, 5.41) is 24.2. The quantitative estimate of drug-likeness (QED) is 0.725. The SMILES string of the molecule is COC(=O)C1(O)C2=Nc3c(O)cccc3C23CC2CC4(C(C)=O)ON2C3CC41. The molecule has 2 N–H and O–H groups in total. The van der Waals surface area contributed by atoms with Gasteiger partial charge in [-0.05, 0) is 31.4 Å². The number of Topliss-reactive ketones (excluding diaryl/α,β-unsaturated/α-hetero) is 1. The van der Waals surface area contributed by atoms with Gasteiger partial charge in [-0.15, -0.1) is 0 Å². The third kappa shape index (κ3) is 1.42. The van der Waals surface area contributed by atoms with Crippen LogP contribution in [0.15, 0.2) is 23.2 Å². The fourth-order valence-electron chi connectivity index (χ4n) is 6.71. The summed E-state index contributed by atoms with van der Waals surface area (Å²) in [5.41, 5.74) is -2.66. The van der Waals surface area contributed by atoms with Gasteiger partial charge in [0.2, 0.25) is 5.60 Å². The van der Waals surface area contributed by atoms with Gasteiger partial charge in [-0.25, -0.2) is 9.79 Å². The fourth-order valence-corrected chi connectivity index (χ4v) is 6.71. The summed E-state index contributed by atoms with van der Waals surface area (Å²) in [6, 6.07) is 5.00. The maximum Gasteiger partial charge on any atom is 0.344 e. The Morgan fingerprint density at radius 2 is 2.14 bits per heavy atom. The number of methoxy groups -OCH3 is 1. The van der Waals surface area contributed by atoms with E-state index in [1.54, 1.807) is 12.1 Å². The number of hydrogen-bond acceptors (Lipinski definition) is 8. The lowest BCUT2D eigenvalue weighted by atomic mass is 9.51. The molecule has 146 valence electrons. The van der Waals surface area contributed by atoms with Crippen LogP contribution >= 0.6 is 0 Å². The van der Waals surface area contributed by atoms with Crippen LogP contribution in [0.25, 0.3) is 0 Å². The fraction of sp³-hybridized carbons (Fsp3) is 0.550. The number of aromatic hydroxyl groups is 1. The number of nitrogens with zero attached hydrogens (tertiary/aromatic N) is 2. The molecule has 6 atom stereocenters. The molecule has 5 aliphatic rings. The van der Waals surface area contributed by atoms with Crippen LogP contribution in [0.2, 0.25) is 0 Å². The van der Waals surface area contributed by atoms with Crippen LogP contribution in [0.1, 0.15) is 31.7 Å². The highest BCUT2D eigenvalue weighted by Gasteiger charge is 2.81. The van der Waals surface area contributed by atoms with Gasteiger partial charge in [0.15, 0.2) is 11.4 Å². The van der Waals surface area contributed by atoms with E-state index in [9.17, 15) is 19.8 Å². The summed E-state index contributed by atoms with van der Waals surface area (Å²) in [6.07, 6.45) is 1.40. The highest BCUT2D eigenvalue weighted by atomic mass is 16.7. The summed E-state index contributed by atoms with van der Waals surface area (Å²) >= 11 is 0. The molecule has 1 saturated carbocycles. The first-order chi connectivity index (χ1) is 13.3. The number of carbonyl (C=O) groups excluding carboxylic acids is 2. The van der Waals surface area contributed by atoms with Crippen LogP contribution in [0.5, 0.6) is 5.75 Å². The highest BCUT2D eigenvalue weighted by molar-refractivity contribution is 6.20. The molecule has 1 aromatic carbocycles. The normalized spacial score (nSPS) is 44.2. The Balaban J connectivity index is 1.69. The summed E-state index contributed by atoms with van der Waals surface area (Å²) in [4.78, 5) is 36.5. The van der Waals surface area contributed by atoms with E-state index in [1.807, 2.05) is 11.1 Å². The maximum absolute atomic E-state index is 13.0. The number of phenols is 1. The molecule has 1 spiro atoms.